The van der Waals surface area contributed by atoms with Crippen LogP contribution in [0.15, 0.2) is 0 Å². The molecule has 0 aliphatic heterocycles. The number of carbonyl (C=O) groups excluding carboxylic acids is 1. The molecular weight excluding hydrogens is 176 g/mol. The van der Waals surface area contributed by atoms with Crippen molar-refractivity contribution < 1.29 is 9.90 Å². The van der Waals surface area contributed by atoms with E-state index in [0.29, 0.717) is 23.5 Å². The van der Waals surface area contributed by atoms with Crippen LogP contribution in [0.2, 0.25) is 0 Å². The van der Waals surface area contributed by atoms with Gasteiger partial charge >= 0.3 is 0 Å². The molecule has 5 aliphatic carbocycles. The zero-order chi connectivity index (χ0) is 9.88. The van der Waals surface area contributed by atoms with Crippen molar-refractivity contribution in [1.82, 2.24) is 0 Å². The number of aliphatic hydroxyl groups is 1. The van der Waals surface area contributed by atoms with Gasteiger partial charge in [-0.25, -0.2) is 0 Å². The highest BCUT2D eigenvalue weighted by molar-refractivity contribution is 5.94. The lowest BCUT2D eigenvalue weighted by Crippen LogP contribution is -2.66. The normalized spacial score (nSPS) is 72.8. The van der Waals surface area contributed by atoms with Crippen molar-refractivity contribution in [3.05, 3.63) is 0 Å². The smallest absolute Gasteiger partial charge is 0.143 e. The van der Waals surface area contributed by atoms with Crippen LogP contribution >= 0.6 is 0 Å². The van der Waals surface area contributed by atoms with Crippen molar-refractivity contribution in [2.24, 2.45) is 34.5 Å². The van der Waals surface area contributed by atoms with Gasteiger partial charge in [0.1, 0.15) is 5.78 Å². The first kappa shape index (κ1) is 7.86. The van der Waals surface area contributed by atoms with E-state index in [2.05, 4.69) is 13.8 Å². The molecule has 5 fully saturated rings. The molecule has 0 heterocycles. The molecule has 1 N–H and O–H groups in total. The lowest BCUT2D eigenvalue weighted by atomic mass is 9.40. The molecule has 0 aromatic rings. The van der Waals surface area contributed by atoms with E-state index in [9.17, 15) is 9.90 Å². The summed E-state index contributed by atoms with van der Waals surface area (Å²) < 4.78 is 0. The van der Waals surface area contributed by atoms with Crippen molar-refractivity contribution in [1.29, 1.82) is 0 Å². The van der Waals surface area contributed by atoms with Crippen molar-refractivity contribution in [2.75, 3.05) is 0 Å². The number of Topliss-reactive ketones (excluding diaryl/α,β-unsaturated/α-hetero) is 1. The van der Waals surface area contributed by atoms with E-state index in [0.717, 1.165) is 12.8 Å². The number of carbonyl (C=O) groups is 1. The third-order valence-corrected chi connectivity index (χ3v) is 6.54. The molecule has 5 saturated carbocycles. The molecule has 0 radical (unpaired) electrons. The van der Waals surface area contributed by atoms with Gasteiger partial charge < -0.3 is 5.11 Å². The van der Waals surface area contributed by atoms with Crippen LogP contribution in [0, 0.1) is 34.5 Å². The van der Waals surface area contributed by atoms with E-state index in [-0.39, 0.29) is 22.9 Å². The fourth-order valence-corrected chi connectivity index (χ4v) is 5.68. The Morgan fingerprint density at radius 2 is 2.00 bits per heavy atom. The van der Waals surface area contributed by atoms with Crippen LogP contribution in [-0.2, 0) is 4.79 Å². The fourth-order valence-electron chi connectivity index (χ4n) is 5.68. The van der Waals surface area contributed by atoms with Gasteiger partial charge in [-0.2, -0.15) is 0 Å². The van der Waals surface area contributed by atoms with E-state index in [4.69, 9.17) is 0 Å². The van der Waals surface area contributed by atoms with Crippen LogP contribution in [-0.4, -0.2) is 17.0 Å². The highest BCUT2D eigenvalue weighted by atomic mass is 16.3. The van der Waals surface area contributed by atoms with Crippen LogP contribution in [0.4, 0.5) is 0 Å². The Morgan fingerprint density at radius 1 is 1.29 bits per heavy atom. The van der Waals surface area contributed by atoms with Crippen molar-refractivity contribution in [3.63, 3.8) is 0 Å². The largest absolute Gasteiger partial charge is 0.392 e. The quantitative estimate of drug-likeness (QED) is 0.626. The first-order valence-electron chi connectivity index (χ1n) is 5.75. The van der Waals surface area contributed by atoms with Gasteiger partial charge in [0.05, 0.1) is 6.10 Å². The molecule has 2 nitrogen and oxygen atoms in total. The zero-order valence-electron chi connectivity index (χ0n) is 8.66. The van der Waals surface area contributed by atoms with Gasteiger partial charge in [0, 0.05) is 16.7 Å². The maximum atomic E-state index is 12.2. The predicted molar refractivity (Wildman–Crippen MR) is 50.4 cm³/mol. The maximum absolute atomic E-state index is 12.2. The Balaban J connectivity index is 2.01. The number of rotatable bonds is 0. The molecule has 0 saturated heterocycles. The summed E-state index contributed by atoms with van der Waals surface area (Å²) in [5, 5.41) is 10.3. The van der Waals surface area contributed by atoms with Crippen LogP contribution in [0.3, 0.4) is 0 Å². The molecule has 76 valence electrons. The second-order valence-electron chi connectivity index (χ2n) is 6.25. The molecular formula is C12H16O2. The van der Waals surface area contributed by atoms with Crippen LogP contribution in [0.5, 0.6) is 0 Å². The van der Waals surface area contributed by atoms with Crippen LogP contribution < -0.4 is 0 Å². The Morgan fingerprint density at radius 3 is 2.71 bits per heavy atom. The highest BCUT2D eigenvalue weighted by Gasteiger charge is 2.84. The summed E-state index contributed by atoms with van der Waals surface area (Å²) in [6, 6.07) is 0. The molecule has 7 atom stereocenters. The summed E-state index contributed by atoms with van der Waals surface area (Å²) in [6.07, 6.45) is 2.00. The summed E-state index contributed by atoms with van der Waals surface area (Å²) in [5.41, 5.74) is -0.221. The minimum absolute atomic E-state index is 0.0631. The van der Waals surface area contributed by atoms with E-state index in [1.807, 2.05) is 0 Å². The maximum Gasteiger partial charge on any atom is 0.143 e. The van der Waals surface area contributed by atoms with Crippen molar-refractivity contribution >= 4 is 5.78 Å². The van der Waals surface area contributed by atoms with Gasteiger partial charge in [-0.15, -0.1) is 0 Å². The second-order valence-corrected chi connectivity index (χ2v) is 6.25. The minimum atomic E-state index is -0.195. The Hall–Kier alpha value is -0.370. The lowest BCUT2D eigenvalue weighted by molar-refractivity contribution is -0.201. The van der Waals surface area contributed by atoms with Gasteiger partial charge in [0.2, 0.25) is 0 Å². The van der Waals surface area contributed by atoms with Gasteiger partial charge in [0.15, 0.2) is 0 Å². The summed E-state index contributed by atoms with van der Waals surface area (Å²) in [4.78, 5) is 12.2. The topological polar surface area (TPSA) is 37.3 Å². The lowest BCUT2D eigenvalue weighted by Gasteiger charge is -2.62. The molecule has 0 spiro atoms. The number of aliphatic hydroxyl groups excluding tert-OH is 1. The van der Waals surface area contributed by atoms with E-state index in [1.54, 1.807) is 0 Å². The van der Waals surface area contributed by atoms with Crippen molar-refractivity contribution in [2.45, 2.75) is 32.8 Å². The van der Waals surface area contributed by atoms with E-state index >= 15 is 0 Å². The first-order valence-corrected chi connectivity index (χ1v) is 5.75. The van der Waals surface area contributed by atoms with Gasteiger partial charge in [0.25, 0.3) is 0 Å². The van der Waals surface area contributed by atoms with Gasteiger partial charge in [-0.05, 0) is 30.6 Å². The van der Waals surface area contributed by atoms with E-state index < -0.39 is 0 Å². The predicted octanol–water partition coefficient (Wildman–Crippen LogP) is 1.23. The molecule has 0 aromatic carbocycles. The Labute approximate surface area is 83.7 Å². The number of hydrogen-bond acceptors (Lipinski definition) is 2. The number of hydrogen-bond donors (Lipinski definition) is 1. The standard InChI is InChI=1S/C12H16O2/c1-11-7-3-5(9(11)13)6-4-8(7)12(11,2)10(6)14/h5-9,13H,3-4H2,1-2H3. The molecule has 0 amide bonds. The SMILES string of the molecule is CC12C(=O)C3CC1C1CC3C(O)C12C. The third-order valence-electron chi connectivity index (χ3n) is 6.54. The fraction of sp³-hybridized carbons (Fsp3) is 0.917. The monoisotopic (exact) mass is 192 g/mol. The van der Waals surface area contributed by atoms with Crippen molar-refractivity contribution in [3.8, 4) is 0 Å². The number of ketones is 1. The van der Waals surface area contributed by atoms with E-state index in [1.165, 1.54) is 0 Å². The van der Waals surface area contributed by atoms with Crippen LogP contribution in [0.1, 0.15) is 26.7 Å². The Bertz CT molecular complexity index is 357. The summed E-state index contributed by atoms with van der Waals surface area (Å²) >= 11 is 0. The average molecular weight is 192 g/mol. The molecule has 14 heavy (non-hydrogen) atoms. The first-order chi connectivity index (χ1) is 6.53. The van der Waals surface area contributed by atoms with Gasteiger partial charge in [-0.1, -0.05) is 13.8 Å². The minimum Gasteiger partial charge on any atom is -0.392 e. The molecule has 2 heteroatoms. The highest BCUT2D eigenvalue weighted by Crippen LogP contribution is 2.82. The molecule has 6 bridgehead atoms. The summed E-state index contributed by atoms with van der Waals surface area (Å²) in [7, 11) is 0. The Kier molecular flexibility index (Phi) is 0.959. The van der Waals surface area contributed by atoms with Gasteiger partial charge in [-0.3, -0.25) is 4.79 Å². The average Bonchev–Trinajstić information content (AvgIpc) is 2.42. The summed E-state index contributed by atoms with van der Waals surface area (Å²) in [6.45, 7) is 4.26. The third kappa shape index (κ3) is 0.410. The molecule has 7 unspecified atom stereocenters. The molecule has 0 aromatic heterocycles. The van der Waals surface area contributed by atoms with Crippen LogP contribution in [0.25, 0.3) is 0 Å². The summed E-state index contributed by atoms with van der Waals surface area (Å²) in [5.74, 6) is 2.26. The second kappa shape index (κ2) is 1.71. The zero-order valence-corrected chi connectivity index (χ0v) is 8.66. The molecule has 5 aliphatic rings. The molecule has 5 rings (SSSR count).